The summed E-state index contributed by atoms with van der Waals surface area (Å²) in [6.07, 6.45) is 6.29. The van der Waals surface area contributed by atoms with Crippen LogP contribution in [0.5, 0.6) is 11.6 Å². The van der Waals surface area contributed by atoms with Crippen LogP contribution in [-0.4, -0.2) is 40.8 Å². The highest BCUT2D eigenvalue weighted by atomic mass is 32.1. The average Bonchev–Trinajstić information content (AvgIpc) is 3.08. The number of piperidine rings is 1. The molecule has 1 unspecified atom stereocenters. The lowest BCUT2D eigenvalue weighted by atomic mass is 10.0. The van der Waals surface area contributed by atoms with Crippen LogP contribution < -0.4 is 10.7 Å². The number of likely N-dealkylation sites (tertiary alicyclic amines) is 1. The van der Waals surface area contributed by atoms with E-state index >= 15 is 0 Å². The van der Waals surface area contributed by atoms with E-state index in [2.05, 4.69) is 16.0 Å². The van der Waals surface area contributed by atoms with Gasteiger partial charge < -0.3 is 15.9 Å². The van der Waals surface area contributed by atoms with Crippen molar-refractivity contribution < 1.29 is 15.2 Å². The van der Waals surface area contributed by atoms with Crippen molar-refractivity contribution in [1.82, 2.24) is 4.90 Å². The van der Waals surface area contributed by atoms with E-state index in [0.717, 1.165) is 59.0 Å². The molecule has 2 aromatic heterocycles. The van der Waals surface area contributed by atoms with Gasteiger partial charge in [-0.2, -0.15) is 4.98 Å². The van der Waals surface area contributed by atoms with E-state index in [9.17, 15) is 10.2 Å². The highest BCUT2D eigenvalue weighted by molar-refractivity contribution is 7.17. The Balaban J connectivity index is 1.72. The lowest BCUT2D eigenvalue weighted by molar-refractivity contribution is -0.360. The molecule has 1 saturated heterocycles. The lowest BCUT2D eigenvalue weighted by Crippen LogP contribution is -2.42. The summed E-state index contributed by atoms with van der Waals surface area (Å²) >= 11 is 1.48. The zero-order valence-electron chi connectivity index (χ0n) is 13.9. The molecule has 25 heavy (non-hydrogen) atoms. The third-order valence-electron chi connectivity index (χ3n) is 4.82. The molecule has 1 aliphatic heterocycles. The molecule has 3 heterocycles. The molecule has 3 aromatic rings. The molecule has 5 N–H and O–H groups in total. The summed E-state index contributed by atoms with van der Waals surface area (Å²) in [5.41, 5.74) is 7.62. The second-order valence-corrected chi connectivity index (χ2v) is 7.54. The second-order valence-electron chi connectivity index (χ2n) is 6.62. The van der Waals surface area contributed by atoms with Crippen molar-refractivity contribution in [3.8, 4) is 11.6 Å². The van der Waals surface area contributed by atoms with E-state index in [4.69, 9.17) is 5.73 Å². The first-order valence-corrected chi connectivity index (χ1v) is 9.43. The third kappa shape index (κ3) is 3.08. The fourth-order valence-electron chi connectivity index (χ4n) is 3.62. The normalized spacial score (nSPS) is 19.3. The molecule has 0 amide bonds. The average molecular weight is 356 g/mol. The molecule has 6 heteroatoms. The minimum Gasteiger partial charge on any atom is -0.507 e. The Kier molecular flexibility index (Phi) is 4.33. The number of fused-ring (bicyclic) bond motifs is 3. The van der Waals surface area contributed by atoms with Gasteiger partial charge in [-0.05, 0) is 36.9 Å². The van der Waals surface area contributed by atoms with Crippen LogP contribution in [0.25, 0.3) is 27.1 Å². The van der Waals surface area contributed by atoms with Crippen molar-refractivity contribution in [2.24, 2.45) is 5.73 Å². The first-order valence-electron chi connectivity index (χ1n) is 8.55. The third-order valence-corrected chi connectivity index (χ3v) is 5.74. The van der Waals surface area contributed by atoms with Crippen LogP contribution in [0, 0.1) is 0 Å². The highest BCUT2D eigenvalue weighted by Crippen LogP contribution is 2.36. The Labute approximate surface area is 150 Å². The second kappa shape index (κ2) is 6.63. The van der Waals surface area contributed by atoms with Gasteiger partial charge in [-0.15, -0.1) is 11.3 Å². The van der Waals surface area contributed by atoms with Crippen LogP contribution in [0.3, 0.4) is 0 Å². The minimum absolute atomic E-state index is 0.167. The van der Waals surface area contributed by atoms with Gasteiger partial charge in [0, 0.05) is 36.1 Å². The number of pyridine rings is 1. The summed E-state index contributed by atoms with van der Waals surface area (Å²) < 4.78 is 0.801. The van der Waals surface area contributed by atoms with Crippen LogP contribution in [0.15, 0.2) is 29.7 Å². The number of aromatic nitrogens is 1. The predicted octanol–water partition coefficient (Wildman–Crippen LogP) is 2.72. The lowest BCUT2D eigenvalue weighted by Gasteiger charge is -2.29. The van der Waals surface area contributed by atoms with Crippen molar-refractivity contribution >= 4 is 38.4 Å². The molecule has 0 saturated carbocycles. The first-order chi connectivity index (χ1) is 12.1. The Morgan fingerprint density at radius 3 is 3.04 bits per heavy atom. The van der Waals surface area contributed by atoms with Gasteiger partial charge in [0.05, 0.1) is 5.39 Å². The van der Waals surface area contributed by atoms with Gasteiger partial charge in [-0.3, -0.25) is 4.90 Å². The van der Waals surface area contributed by atoms with E-state index in [1.54, 1.807) is 12.1 Å². The number of phenols is 1. The highest BCUT2D eigenvalue weighted by Gasteiger charge is 2.19. The van der Waals surface area contributed by atoms with Crippen molar-refractivity contribution in [1.29, 1.82) is 0 Å². The number of hydrogen-bond donors (Lipinski definition) is 3. The van der Waals surface area contributed by atoms with Crippen molar-refractivity contribution in [2.45, 2.75) is 18.9 Å². The molecule has 4 rings (SSSR count). The molecule has 0 spiro atoms. The van der Waals surface area contributed by atoms with E-state index in [0.29, 0.717) is 0 Å². The number of aromatic hydroxyl groups is 2. The Morgan fingerprint density at radius 1 is 1.32 bits per heavy atom. The van der Waals surface area contributed by atoms with E-state index in [1.807, 2.05) is 17.5 Å². The topological polar surface area (TPSA) is 83.9 Å². The molecule has 0 aliphatic carbocycles. The maximum atomic E-state index is 10.4. The zero-order valence-corrected chi connectivity index (χ0v) is 14.7. The van der Waals surface area contributed by atoms with Crippen LogP contribution in [0.2, 0.25) is 0 Å². The van der Waals surface area contributed by atoms with Crippen molar-refractivity contribution in [3.05, 3.63) is 35.2 Å². The standard InChI is InChI=1S/C19H21N3O2S/c20-12-3-1-8-22(11-12)9-2-4-13-16(23)6-5-15-17(13)14-7-10-25-18(14)19(24)21-15/h2,4-7,10,12,23H,1,3,8-9,11,20H2,(H,21,24)/p+1/b4-2+. The summed E-state index contributed by atoms with van der Waals surface area (Å²) in [6.45, 7) is 2.80. The number of benzene rings is 1. The van der Waals surface area contributed by atoms with Crippen molar-refractivity contribution in [3.63, 3.8) is 0 Å². The summed E-state index contributed by atoms with van der Waals surface area (Å²) in [7, 11) is 0. The van der Waals surface area contributed by atoms with E-state index in [1.165, 1.54) is 11.3 Å². The van der Waals surface area contributed by atoms with Gasteiger partial charge in [0.1, 0.15) is 10.4 Å². The molecule has 1 aromatic carbocycles. The zero-order chi connectivity index (χ0) is 17.4. The monoisotopic (exact) mass is 356 g/mol. The fourth-order valence-corrected chi connectivity index (χ4v) is 4.42. The summed E-state index contributed by atoms with van der Waals surface area (Å²) in [6, 6.07) is 5.70. The van der Waals surface area contributed by atoms with Crippen molar-refractivity contribution in [2.75, 3.05) is 19.6 Å². The van der Waals surface area contributed by atoms with Gasteiger partial charge in [-0.1, -0.05) is 12.2 Å². The Hall–Kier alpha value is -2.15. The number of nitrogens with one attached hydrogen (secondary N) is 1. The number of thiophene rings is 1. The largest absolute Gasteiger partial charge is 0.507 e. The van der Waals surface area contributed by atoms with Gasteiger partial charge in [0.2, 0.25) is 5.52 Å². The van der Waals surface area contributed by atoms with Gasteiger partial charge in [0.15, 0.2) is 0 Å². The van der Waals surface area contributed by atoms with Crippen LogP contribution >= 0.6 is 11.3 Å². The minimum atomic E-state index is 0.167. The molecule has 1 fully saturated rings. The molecular weight excluding hydrogens is 334 g/mol. The molecule has 1 atom stereocenters. The number of phenolic OH excluding ortho intramolecular Hbond substituents is 1. The Morgan fingerprint density at radius 2 is 2.20 bits per heavy atom. The summed E-state index contributed by atoms with van der Waals surface area (Å²) in [5, 5.41) is 24.4. The molecular formula is C19H22N3O2S+. The maximum Gasteiger partial charge on any atom is 0.382 e. The number of H-pyrrole nitrogens is 1. The number of rotatable bonds is 3. The molecule has 1 aliphatic rings. The molecule has 0 bridgehead atoms. The number of hydrogen-bond acceptors (Lipinski definition) is 5. The number of nitrogens with two attached hydrogens (primary N) is 1. The molecule has 5 nitrogen and oxygen atoms in total. The maximum absolute atomic E-state index is 10.4. The number of aromatic amines is 1. The Bertz CT molecular complexity index is 951. The van der Waals surface area contributed by atoms with E-state index in [-0.39, 0.29) is 17.7 Å². The van der Waals surface area contributed by atoms with Crippen LogP contribution in [-0.2, 0) is 0 Å². The van der Waals surface area contributed by atoms with E-state index < -0.39 is 0 Å². The smallest absolute Gasteiger partial charge is 0.382 e. The summed E-state index contributed by atoms with van der Waals surface area (Å²) in [4.78, 5) is 5.36. The predicted molar refractivity (Wildman–Crippen MR) is 102 cm³/mol. The van der Waals surface area contributed by atoms with Crippen LogP contribution in [0.1, 0.15) is 18.4 Å². The van der Waals surface area contributed by atoms with Gasteiger partial charge >= 0.3 is 5.88 Å². The van der Waals surface area contributed by atoms with Gasteiger partial charge in [-0.25, -0.2) is 0 Å². The molecule has 0 radical (unpaired) electrons. The van der Waals surface area contributed by atoms with Crippen LogP contribution in [0.4, 0.5) is 0 Å². The first kappa shape index (κ1) is 16.3. The fraction of sp³-hybridized carbons (Fsp3) is 0.316. The quantitative estimate of drug-likeness (QED) is 0.674. The van der Waals surface area contributed by atoms with Gasteiger partial charge in [0.25, 0.3) is 0 Å². The SMILES string of the molecule is NC1CCCN(C/C=C/c2c(O)ccc3[nH+]c(O)c4sccc4c23)C1. The summed E-state index contributed by atoms with van der Waals surface area (Å²) in [5.74, 6) is 0.408. The number of nitrogens with zero attached hydrogens (tertiary/aromatic N) is 1. The molecule has 130 valence electrons.